The van der Waals surface area contributed by atoms with E-state index in [-0.39, 0.29) is 6.10 Å². The number of ether oxygens (including phenoxy) is 1. The molecule has 0 amide bonds. The molecule has 1 fully saturated rings. The lowest BCUT2D eigenvalue weighted by molar-refractivity contribution is -0.145. The van der Waals surface area contributed by atoms with Crippen LogP contribution in [-0.4, -0.2) is 60.4 Å². The third kappa shape index (κ3) is 5.38. The number of likely N-dealkylation sites (tertiary alicyclic amines) is 1. The molecule has 5 heteroatoms. The largest absolute Gasteiger partial charge is 0.480 e. The SMILES string of the molecule is CCCNC(C)(CN1CCCC(OCCC)C1)C(=O)O. The first-order valence-corrected chi connectivity index (χ1v) is 7.84. The lowest BCUT2D eigenvalue weighted by Gasteiger charge is -2.38. The van der Waals surface area contributed by atoms with Crippen LogP contribution in [0.1, 0.15) is 46.5 Å². The fourth-order valence-corrected chi connectivity index (χ4v) is 2.62. The summed E-state index contributed by atoms with van der Waals surface area (Å²) in [6.07, 6.45) is 4.39. The second kappa shape index (κ2) is 8.60. The Balaban J connectivity index is 2.52. The molecule has 1 rings (SSSR count). The fourth-order valence-electron chi connectivity index (χ4n) is 2.62. The van der Waals surface area contributed by atoms with Crippen LogP contribution in [0.4, 0.5) is 0 Å². The van der Waals surface area contributed by atoms with Crippen LogP contribution < -0.4 is 5.32 Å². The van der Waals surface area contributed by atoms with Gasteiger partial charge < -0.3 is 15.2 Å². The van der Waals surface area contributed by atoms with Crippen LogP contribution in [0.15, 0.2) is 0 Å². The number of piperidine rings is 1. The molecule has 0 radical (unpaired) electrons. The Morgan fingerprint density at radius 2 is 2.20 bits per heavy atom. The first-order chi connectivity index (χ1) is 9.51. The fraction of sp³-hybridized carbons (Fsp3) is 0.933. The van der Waals surface area contributed by atoms with Gasteiger partial charge in [-0.3, -0.25) is 9.69 Å². The predicted molar refractivity (Wildman–Crippen MR) is 80.0 cm³/mol. The Hall–Kier alpha value is -0.650. The summed E-state index contributed by atoms with van der Waals surface area (Å²) in [5.41, 5.74) is -0.872. The Bertz CT molecular complexity index is 299. The van der Waals surface area contributed by atoms with Crippen molar-refractivity contribution < 1.29 is 14.6 Å². The van der Waals surface area contributed by atoms with Crippen LogP contribution >= 0.6 is 0 Å². The van der Waals surface area contributed by atoms with Crippen LogP contribution in [-0.2, 0) is 9.53 Å². The molecule has 118 valence electrons. The number of carboxylic acids is 1. The molecule has 0 aromatic heterocycles. The van der Waals surface area contributed by atoms with Crippen molar-refractivity contribution in [2.45, 2.75) is 58.1 Å². The number of aliphatic carboxylic acids is 1. The molecule has 1 saturated heterocycles. The molecule has 0 aromatic rings. The molecule has 0 spiro atoms. The monoisotopic (exact) mass is 286 g/mol. The molecule has 0 aliphatic carbocycles. The number of hydrogen-bond donors (Lipinski definition) is 2. The molecule has 1 aliphatic heterocycles. The normalized spacial score (nSPS) is 23.4. The van der Waals surface area contributed by atoms with E-state index in [9.17, 15) is 9.90 Å². The van der Waals surface area contributed by atoms with Crippen molar-refractivity contribution in [3.05, 3.63) is 0 Å². The highest BCUT2D eigenvalue weighted by molar-refractivity contribution is 5.78. The van der Waals surface area contributed by atoms with Gasteiger partial charge >= 0.3 is 5.97 Å². The van der Waals surface area contributed by atoms with Crippen molar-refractivity contribution in [3.63, 3.8) is 0 Å². The zero-order valence-corrected chi connectivity index (χ0v) is 13.2. The molecule has 2 N–H and O–H groups in total. The third-order valence-corrected chi connectivity index (χ3v) is 3.80. The molecule has 1 heterocycles. The molecule has 5 nitrogen and oxygen atoms in total. The average molecular weight is 286 g/mol. The summed E-state index contributed by atoms with van der Waals surface area (Å²) >= 11 is 0. The zero-order chi connectivity index (χ0) is 15.0. The number of carbonyl (C=O) groups is 1. The van der Waals surface area contributed by atoms with Gasteiger partial charge in [0, 0.05) is 19.7 Å². The summed E-state index contributed by atoms with van der Waals surface area (Å²) in [5.74, 6) is -0.775. The van der Waals surface area contributed by atoms with Crippen molar-refractivity contribution in [1.82, 2.24) is 10.2 Å². The lowest BCUT2D eigenvalue weighted by Crippen LogP contribution is -2.58. The van der Waals surface area contributed by atoms with Crippen LogP contribution in [0.2, 0.25) is 0 Å². The average Bonchev–Trinajstić information content (AvgIpc) is 2.43. The van der Waals surface area contributed by atoms with Crippen molar-refractivity contribution in [2.24, 2.45) is 0 Å². The van der Waals surface area contributed by atoms with Gasteiger partial charge in [-0.1, -0.05) is 13.8 Å². The maximum absolute atomic E-state index is 11.5. The molecule has 20 heavy (non-hydrogen) atoms. The van der Waals surface area contributed by atoms with E-state index in [1.165, 1.54) is 0 Å². The Morgan fingerprint density at radius 1 is 1.45 bits per heavy atom. The summed E-state index contributed by atoms with van der Waals surface area (Å²) in [7, 11) is 0. The molecular weight excluding hydrogens is 256 g/mol. The standard InChI is InChI=1S/C15H30N2O3/c1-4-8-16-15(3,14(18)19)12-17-9-6-7-13(11-17)20-10-5-2/h13,16H,4-12H2,1-3H3,(H,18,19). The minimum atomic E-state index is -0.872. The van der Waals surface area contributed by atoms with Gasteiger partial charge in [-0.05, 0) is 45.7 Å². The van der Waals surface area contributed by atoms with Crippen molar-refractivity contribution >= 4 is 5.97 Å². The number of hydrogen-bond acceptors (Lipinski definition) is 4. The number of carboxylic acid groups (broad SMARTS) is 1. The Morgan fingerprint density at radius 3 is 2.80 bits per heavy atom. The highest BCUT2D eigenvalue weighted by atomic mass is 16.5. The summed E-state index contributed by atoms with van der Waals surface area (Å²) in [6, 6.07) is 0. The second-order valence-electron chi connectivity index (χ2n) is 5.93. The van der Waals surface area contributed by atoms with E-state index in [1.807, 2.05) is 6.92 Å². The summed E-state index contributed by atoms with van der Waals surface area (Å²) in [4.78, 5) is 13.8. The summed E-state index contributed by atoms with van der Waals surface area (Å²) in [5, 5.41) is 12.6. The molecular formula is C15H30N2O3. The van der Waals surface area contributed by atoms with Gasteiger partial charge in [-0.2, -0.15) is 0 Å². The van der Waals surface area contributed by atoms with Gasteiger partial charge in [0.25, 0.3) is 0 Å². The van der Waals surface area contributed by atoms with E-state index in [0.29, 0.717) is 6.54 Å². The highest BCUT2D eigenvalue weighted by Crippen LogP contribution is 2.17. The van der Waals surface area contributed by atoms with E-state index in [4.69, 9.17) is 4.74 Å². The van der Waals surface area contributed by atoms with Gasteiger partial charge in [0.05, 0.1) is 6.10 Å². The topological polar surface area (TPSA) is 61.8 Å². The van der Waals surface area contributed by atoms with E-state index in [0.717, 1.165) is 51.9 Å². The van der Waals surface area contributed by atoms with Crippen molar-refractivity contribution in [3.8, 4) is 0 Å². The number of nitrogens with zero attached hydrogens (tertiary/aromatic N) is 1. The first-order valence-electron chi connectivity index (χ1n) is 7.84. The van der Waals surface area contributed by atoms with E-state index < -0.39 is 11.5 Å². The number of nitrogens with one attached hydrogen (secondary N) is 1. The molecule has 2 unspecified atom stereocenters. The van der Waals surface area contributed by atoms with Crippen LogP contribution in [0.3, 0.4) is 0 Å². The van der Waals surface area contributed by atoms with Gasteiger partial charge in [0.15, 0.2) is 0 Å². The molecule has 2 atom stereocenters. The molecule has 0 saturated carbocycles. The number of rotatable bonds is 9. The zero-order valence-electron chi connectivity index (χ0n) is 13.2. The minimum absolute atomic E-state index is 0.257. The highest BCUT2D eigenvalue weighted by Gasteiger charge is 2.35. The van der Waals surface area contributed by atoms with Crippen LogP contribution in [0, 0.1) is 0 Å². The summed E-state index contributed by atoms with van der Waals surface area (Å²) < 4.78 is 5.81. The van der Waals surface area contributed by atoms with Gasteiger partial charge in [-0.25, -0.2) is 0 Å². The quantitative estimate of drug-likeness (QED) is 0.676. The smallest absolute Gasteiger partial charge is 0.324 e. The van der Waals surface area contributed by atoms with E-state index in [1.54, 1.807) is 6.92 Å². The molecule has 0 bridgehead atoms. The Kier molecular flexibility index (Phi) is 7.48. The van der Waals surface area contributed by atoms with Gasteiger partial charge in [0.2, 0.25) is 0 Å². The van der Waals surface area contributed by atoms with Crippen LogP contribution in [0.5, 0.6) is 0 Å². The van der Waals surface area contributed by atoms with E-state index >= 15 is 0 Å². The maximum atomic E-state index is 11.5. The van der Waals surface area contributed by atoms with Crippen LogP contribution in [0.25, 0.3) is 0 Å². The summed E-state index contributed by atoms with van der Waals surface area (Å²) in [6.45, 7) is 9.80. The van der Waals surface area contributed by atoms with Crippen molar-refractivity contribution in [1.29, 1.82) is 0 Å². The predicted octanol–water partition coefficient (Wildman–Crippen LogP) is 1.72. The van der Waals surface area contributed by atoms with Gasteiger partial charge in [-0.15, -0.1) is 0 Å². The third-order valence-electron chi connectivity index (χ3n) is 3.80. The van der Waals surface area contributed by atoms with Gasteiger partial charge in [0.1, 0.15) is 5.54 Å². The molecule has 1 aliphatic rings. The molecule has 0 aromatic carbocycles. The van der Waals surface area contributed by atoms with Crippen molar-refractivity contribution in [2.75, 3.05) is 32.8 Å². The van der Waals surface area contributed by atoms with E-state index in [2.05, 4.69) is 17.1 Å². The maximum Gasteiger partial charge on any atom is 0.324 e. The lowest BCUT2D eigenvalue weighted by atomic mass is 9.99. The minimum Gasteiger partial charge on any atom is -0.480 e. The Labute approximate surface area is 122 Å². The first kappa shape index (κ1) is 17.4. The second-order valence-corrected chi connectivity index (χ2v) is 5.93.